The third-order valence-electron chi connectivity index (χ3n) is 1.68. The lowest BCUT2D eigenvalue weighted by atomic mass is 10.3. The Bertz CT molecular complexity index is 205. The van der Waals surface area contributed by atoms with Gasteiger partial charge in [-0.15, -0.1) is 0 Å². The minimum Gasteiger partial charge on any atom is -0.378 e. The van der Waals surface area contributed by atoms with Gasteiger partial charge in [-0.2, -0.15) is 10.5 Å². The van der Waals surface area contributed by atoms with Crippen LogP contribution in [0.3, 0.4) is 0 Å². The number of rotatable bonds is 8. The quantitative estimate of drug-likeness (QED) is 0.553. The van der Waals surface area contributed by atoms with E-state index in [1.54, 1.807) is 0 Å². The zero-order valence-electron chi connectivity index (χ0n) is 8.53. The van der Waals surface area contributed by atoms with Crippen molar-refractivity contribution in [2.24, 2.45) is 0 Å². The van der Waals surface area contributed by atoms with Crippen LogP contribution in [0.2, 0.25) is 0 Å². The number of nitriles is 2. The molecule has 0 aliphatic heterocycles. The topological polar surface area (TPSA) is 66.0 Å². The Balaban J connectivity index is 3.40. The van der Waals surface area contributed by atoms with Gasteiger partial charge in [0.1, 0.15) is 0 Å². The van der Waals surface area contributed by atoms with Crippen molar-refractivity contribution in [3.63, 3.8) is 0 Å². The first kappa shape index (κ1) is 12.9. The summed E-state index contributed by atoms with van der Waals surface area (Å²) < 4.78 is 10.6. The molecule has 0 rings (SSSR count). The summed E-state index contributed by atoms with van der Waals surface area (Å²) in [6.45, 7) is 3.42. The molecule has 0 aromatic rings. The van der Waals surface area contributed by atoms with E-state index < -0.39 is 0 Å². The summed E-state index contributed by atoms with van der Waals surface area (Å²) in [4.78, 5) is 0. The van der Waals surface area contributed by atoms with Crippen LogP contribution in [0.5, 0.6) is 0 Å². The van der Waals surface area contributed by atoms with Crippen molar-refractivity contribution in [1.82, 2.24) is 0 Å². The van der Waals surface area contributed by atoms with Gasteiger partial charge in [-0.05, 0) is 6.42 Å². The predicted molar refractivity (Wildman–Crippen MR) is 51.3 cm³/mol. The first-order valence-electron chi connectivity index (χ1n) is 4.78. The van der Waals surface area contributed by atoms with E-state index in [2.05, 4.69) is 0 Å². The van der Waals surface area contributed by atoms with E-state index >= 15 is 0 Å². The Kier molecular flexibility index (Phi) is 9.20. The third-order valence-corrected chi connectivity index (χ3v) is 1.68. The maximum absolute atomic E-state index is 8.30. The van der Waals surface area contributed by atoms with Crippen molar-refractivity contribution in [3.8, 4) is 12.1 Å². The summed E-state index contributed by atoms with van der Waals surface area (Å²) in [5.41, 5.74) is 0. The number of ether oxygens (including phenoxy) is 2. The van der Waals surface area contributed by atoms with Gasteiger partial charge in [0.25, 0.3) is 0 Å². The fraction of sp³-hybridized carbons (Fsp3) is 0.800. The summed E-state index contributed by atoms with van der Waals surface area (Å²) >= 11 is 0. The molecule has 0 saturated heterocycles. The van der Waals surface area contributed by atoms with Gasteiger partial charge < -0.3 is 9.47 Å². The maximum atomic E-state index is 8.30. The zero-order chi connectivity index (χ0) is 10.6. The molecule has 4 nitrogen and oxygen atoms in total. The molecule has 14 heavy (non-hydrogen) atoms. The highest BCUT2D eigenvalue weighted by molar-refractivity contribution is 4.69. The highest BCUT2D eigenvalue weighted by Crippen LogP contribution is 2.00. The van der Waals surface area contributed by atoms with Crippen molar-refractivity contribution >= 4 is 0 Å². The molecule has 0 aliphatic rings. The van der Waals surface area contributed by atoms with Crippen LogP contribution in [-0.2, 0) is 9.47 Å². The molecule has 0 heterocycles. The summed E-state index contributed by atoms with van der Waals surface area (Å²) in [6, 6.07) is 4.02. The first-order chi connectivity index (χ1) is 6.85. The molecule has 0 bridgehead atoms. The van der Waals surface area contributed by atoms with Crippen LogP contribution in [0.15, 0.2) is 0 Å². The van der Waals surface area contributed by atoms with Crippen LogP contribution >= 0.6 is 0 Å². The smallest absolute Gasteiger partial charge is 0.0806 e. The minimum absolute atomic E-state index is 0.0436. The average Bonchev–Trinajstić information content (AvgIpc) is 2.22. The van der Waals surface area contributed by atoms with Crippen LogP contribution in [0.4, 0.5) is 0 Å². The maximum Gasteiger partial charge on any atom is 0.0806 e. The molecular formula is C10H16N2O2. The van der Waals surface area contributed by atoms with E-state index in [0.29, 0.717) is 32.7 Å². The lowest BCUT2D eigenvalue weighted by Gasteiger charge is -2.14. The SMILES string of the molecule is CCC(COCCC#N)OCCC#N. The van der Waals surface area contributed by atoms with Gasteiger partial charge in [-0.1, -0.05) is 6.92 Å². The fourth-order valence-electron chi connectivity index (χ4n) is 0.888. The van der Waals surface area contributed by atoms with Crippen molar-refractivity contribution in [3.05, 3.63) is 0 Å². The van der Waals surface area contributed by atoms with Crippen molar-refractivity contribution < 1.29 is 9.47 Å². The van der Waals surface area contributed by atoms with Crippen molar-refractivity contribution in [2.75, 3.05) is 19.8 Å². The second-order valence-corrected chi connectivity index (χ2v) is 2.79. The standard InChI is InChI=1S/C10H16N2O2/c1-2-10(14-8-4-6-12)9-13-7-3-5-11/h10H,2-4,7-9H2,1H3. The zero-order valence-corrected chi connectivity index (χ0v) is 8.53. The molecule has 0 aliphatic carbocycles. The Morgan fingerprint density at radius 1 is 1.14 bits per heavy atom. The highest BCUT2D eigenvalue weighted by Gasteiger charge is 2.05. The summed E-state index contributed by atoms with van der Waals surface area (Å²) in [7, 11) is 0. The van der Waals surface area contributed by atoms with E-state index in [1.807, 2.05) is 19.1 Å². The Hall–Kier alpha value is -1.10. The third kappa shape index (κ3) is 7.54. The first-order valence-corrected chi connectivity index (χ1v) is 4.78. The van der Waals surface area contributed by atoms with Crippen LogP contribution < -0.4 is 0 Å². The van der Waals surface area contributed by atoms with Gasteiger partial charge in [-0.25, -0.2) is 0 Å². The minimum atomic E-state index is 0.0436. The lowest BCUT2D eigenvalue weighted by Crippen LogP contribution is -2.19. The molecule has 0 spiro atoms. The normalized spacial score (nSPS) is 11.6. The molecule has 0 aromatic carbocycles. The van der Waals surface area contributed by atoms with Crippen LogP contribution in [0.1, 0.15) is 26.2 Å². The molecule has 0 N–H and O–H groups in total. The van der Waals surface area contributed by atoms with Gasteiger partial charge in [0, 0.05) is 0 Å². The van der Waals surface area contributed by atoms with Gasteiger partial charge in [0.2, 0.25) is 0 Å². The van der Waals surface area contributed by atoms with Gasteiger partial charge in [-0.3, -0.25) is 0 Å². The second-order valence-electron chi connectivity index (χ2n) is 2.79. The Morgan fingerprint density at radius 2 is 1.79 bits per heavy atom. The van der Waals surface area contributed by atoms with E-state index in [1.165, 1.54) is 0 Å². The molecule has 0 saturated carbocycles. The number of hydrogen-bond acceptors (Lipinski definition) is 4. The van der Waals surface area contributed by atoms with E-state index in [0.717, 1.165) is 6.42 Å². The molecule has 0 radical (unpaired) electrons. The summed E-state index contributed by atoms with van der Waals surface area (Å²) in [5, 5.41) is 16.6. The number of nitrogens with zero attached hydrogens (tertiary/aromatic N) is 2. The second kappa shape index (κ2) is 9.98. The number of hydrogen-bond donors (Lipinski definition) is 0. The molecule has 1 atom stereocenters. The van der Waals surface area contributed by atoms with Crippen LogP contribution in [-0.4, -0.2) is 25.9 Å². The van der Waals surface area contributed by atoms with E-state index in [4.69, 9.17) is 20.0 Å². The monoisotopic (exact) mass is 196 g/mol. The molecule has 4 heteroatoms. The van der Waals surface area contributed by atoms with Gasteiger partial charge >= 0.3 is 0 Å². The molecule has 0 fully saturated rings. The van der Waals surface area contributed by atoms with Crippen molar-refractivity contribution in [2.45, 2.75) is 32.3 Å². The molecule has 78 valence electrons. The molecule has 1 unspecified atom stereocenters. The lowest BCUT2D eigenvalue weighted by molar-refractivity contribution is -0.0148. The average molecular weight is 196 g/mol. The van der Waals surface area contributed by atoms with Crippen molar-refractivity contribution in [1.29, 1.82) is 10.5 Å². The summed E-state index contributed by atoms with van der Waals surface area (Å²) in [5.74, 6) is 0. The molecular weight excluding hydrogens is 180 g/mol. The largest absolute Gasteiger partial charge is 0.378 e. The van der Waals surface area contributed by atoms with E-state index in [-0.39, 0.29) is 6.10 Å². The van der Waals surface area contributed by atoms with Crippen LogP contribution in [0, 0.1) is 22.7 Å². The van der Waals surface area contributed by atoms with Gasteiger partial charge in [0.05, 0.1) is 50.9 Å². The van der Waals surface area contributed by atoms with Gasteiger partial charge in [0.15, 0.2) is 0 Å². The molecule has 0 aromatic heterocycles. The predicted octanol–water partition coefficient (Wildman–Crippen LogP) is 1.63. The molecule has 0 amide bonds. The summed E-state index contributed by atoms with van der Waals surface area (Å²) in [6.07, 6.45) is 1.73. The highest BCUT2D eigenvalue weighted by atomic mass is 16.5. The van der Waals surface area contributed by atoms with Crippen LogP contribution in [0.25, 0.3) is 0 Å². The Morgan fingerprint density at radius 3 is 2.36 bits per heavy atom. The van der Waals surface area contributed by atoms with E-state index in [9.17, 15) is 0 Å². The fourth-order valence-corrected chi connectivity index (χ4v) is 0.888. The Labute approximate surface area is 85.0 Å².